The van der Waals surface area contributed by atoms with E-state index in [1.807, 2.05) is 18.2 Å². The molecule has 0 saturated carbocycles. The number of likely N-dealkylation sites (N-methyl/N-ethyl adjacent to an activating group) is 1. The number of aromatic amines is 1. The third kappa shape index (κ3) is 3.76. The third-order valence-electron chi connectivity index (χ3n) is 5.21. The van der Waals surface area contributed by atoms with Crippen LogP contribution in [0, 0.1) is 0 Å². The monoisotopic (exact) mass is 422 g/mol. The molecule has 1 unspecified atom stereocenters. The molecule has 4 rings (SSSR count). The van der Waals surface area contributed by atoms with Crippen LogP contribution in [-0.2, 0) is 16.1 Å². The molecule has 0 radical (unpaired) electrons. The Balaban J connectivity index is 1.56. The van der Waals surface area contributed by atoms with Gasteiger partial charge in [0.15, 0.2) is 0 Å². The predicted octanol–water partition coefficient (Wildman–Crippen LogP) is 0.107. The topological polar surface area (TPSA) is 134 Å². The highest BCUT2D eigenvalue weighted by molar-refractivity contribution is 6.22. The maximum Gasteiger partial charge on any atom is 0.431 e. The molecule has 2 heterocycles. The molecule has 3 aromatic rings. The van der Waals surface area contributed by atoms with E-state index in [2.05, 4.69) is 5.27 Å². The lowest BCUT2D eigenvalue weighted by molar-refractivity contribution is -0.678. The fraction of sp³-hybridized carbons (Fsp3) is 0.190. The van der Waals surface area contributed by atoms with Gasteiger partial charge in [-0.25, -0.2) is 9.69 Å². The first-order valence-electron chi connectivity index (χ1n) is 9.51. The average molecular weight is 422 g/mol. The summed E-state index contributed by atoms with van der Waals surface area (Å²) in [6.45, 7) is 0.0822. The van der Waals surface area contributed by atoms with E-state index >= 15 is 0 Å². The molecule has 3 N–H and O–H groups in total. The number of aromatic nitrogens is 2. The molecular formula is C21H20N5O5+. The van der Waals surface area contributed by atoms with Gasteiger partial charge in [0.25, 0.3) is 5.91 Å². The van der Waals surface area contributed by atoms with Gasteiger partial charge < -0.3 is 5.73 Å². The summed E-state index contributed by atoms with van der Waals surface area (Å²) < 4.78 is 6.44. The summed E-state index contributed by atoms with van der Waals surface area (Å²) in [5.41, 5.74) is 6.29. The molecule has 1 fully saturated rings. The second kappa shape index (κ2) is 8.00. The zero-order valence-electron chi connectivity index (χ0n) is 16.6. The first kappa shape index (κ1) is 20.2. The Labute approximate surface area is 176 Å². The van der Waals surface area contributed by atoms with E-state index in [1.54, 1.807) is 24.1 Å². The molecule has 3 amide bonds. The van der Waals surface area contributed by atoms with Crippen molar-refractivity contribution in [3.8, 4) is 5.69 Å². The van der Waals surface area contributed by atoms with Crippen molar-refractivity contribution in [2.24, 2.45) is 5.73 Å². The fourth-order valence-corrected chi connectivity index (χ4v) is 3.57. The molecule has 1 aliphatic heterocycles. The summed E-state index contributed by atoms with van der Waals surface area (Å²) in [4.78, 5) is 51.8. The number of carbonyl (C=O) groups is 3. The number of rotatable bonds is 6. The molecule has 31 heavy (non-hydrogen) atoms. The van der Waals surface area contributed by atoms with Crippen LogP contribution in [0.4, 0.5) is 5.69 Å². The number of nitrogens with two attached hydrogens (primary N) is 1. The van der Waals surface area contributed by atoms with Gasteiger partial charge in [-0.2, -0.15) is 0 Å². The van der Waals surface area contributed by atoms with Crippen LogP contribution < -0.4 is 20.9 Å². The number of nitrogens with zero attached hydrogens (tertiary/aromatic N) is 3. The number of imide groups is 1. The van der Waals surface area contributed by atoms with Crippen LogP contribution in [0.15, 0.2) is 63.9 Å². The summed E-state index contributed by atoms with van der Waals surface area (Å²) in [7, 11) is 1.66. The Morgan fingerprint density at radius 3 is 2.48 bits per heavy atom. The van der Waals surface area contributed by atoms with Crippen molar-refractivity contribution >= 4 is 23.4 Å². The molecule has 1 aliphatic rings. The van der Waals surface area contributed by atoms with E-state index in [0.29, 0.717) is 17.1 Å². The summed E-state index contributed by atoms with van der Waals surface area (Å²) in [6.07, 6.45) is -0.0337. The van der Waals surface area contributed by atoms with Gasteiger partial charge in [-0.3, -0.25) is 23.8 Å². The molecule has 10 heteroatoms. The van der Waals surface area contributed by atoms with Gasteiger partial charge in [0, 0.05) is 17.7 Å². The van der Waals surface area contributed by atoms with E-state index in [1.165, 1.54) is 28.9 Å². The van der Waals surface area contributed by atoms with Gasteiger partial charge in [-0.15, -0.1) is 0 Å². The number of nitrogens with one attached hydrogen (secondary N) is 1. The molecule has 2 aromatic carbocycles. The second-order valence-corrected chi connectivity index (χ2v) is 7.21. The molecule has 1 saturated heterocycles. The minimum absolute atomic E-state index is 0.0337. The van der Waals surface area contributed by atoms with Crippen molar-refractivity contribution in [3.63, 3.8) is 0 Å². The number of hydrogen-bond acceptors (Lipinski definition) is 6. The van der Waals surface area contributed by atoms with Gasteiger partial charge in [0.2, 0.25) is 17.5 Å². The minimum atomic E-state index is -0.748. The Hall–Kier alpha value is -4.05. The molecular weight excluding hydrogens is 402 g/mol. The summed E-state index contributed by atoms with van der Waals surface area (Å²) in [6, 6.07) is 14.3. The number of para-hydroxylation sites is 1. The summed E-state index contributed by atoms with van der Waals surface area (Å²) >= 11 is 0. The van der Waals surface area contributed by atoms with E-state index < -0.39 is 23.5 Å². The van der Waals surface area contributed by atoms with Crippen LogP contribution in [0.25, 0.3) is 5.69 Å². The Morgan fingerprint density at radius 1 is 1.16 bits per heavy atom. The lowest BCUT2D eigenvalue weighted by Gasteiger charge is -2.21. The van der Waals surface area contributed by atoms with Crippen molar-refractivity contribution in [2.75, 3.05) is 11.9 Å². The maximum atomic E-state index is 13.0. The molecule has 0 spiro atoms. The van der Waals surface area contributed by atoms with E-state index in [9.17, 15) is 19.2 Å². The van der Waals surface area contributed by atoms with Crippen LogP contribution in [0.2, 0.25) is 0 Å². The van der Waals surface area contributed by atoms with Crippen LogP contribution in [0.5, 0.6) is 0 Å². The minimum Gasteiger partial charge on any atom is -0.366 e. The zero-order valence-corrected chi connectivity index (χ0v) is 16.6. The number of primary amides is 1. The molecule has 1 atom stereocenters. The maximum absolute atomic E-state index is 13.0. The van der Waals surface area contributed by atoms with Gasteiger partial charge >= 0.3 is 11.3 Å². The van der Waals surface area contributed by atoms with Gasteiger partial charge in [0.05, 0.1) is 24.7 Å². The van der Waals surface area contributed by atoms with Crippen molar-refractivity contribution < 1.29 is 23.6 Å². The Bertz CT molecular complexity index is 1200. The summed E-state index contributed by atoms with van der Waals surface area (Å²) in [5, 5.41) is 2.56. The van der Waals surface area contributed by atoms with Crippen molar-refractivity contribution in [2.45, 2.75) is 19.0 Å². The van der Waals surface area contributed by atoms with Gasteiger partial charge in [0.1, 0.15) is 0 Å². The van der Waals surface area contributed by atoms with Crippen LogP contribution >= 0.6 is 0 Å². The van der Waals surface area contributed by atoms with Crippen molar-refractivity contribution in [1.29, 1.82) is 0 Å². The number of anilines is 1. The lowest BCUT2D eigenvalue weighted by atomic mass is 10.2. The standard InChI is InChI=1S/C21H19N5O5/c1-24(12-17-21(30)31-23-26(17)15-5-3-2-4-6-15)16-11-18(27)25(20(16)29)14-9-7-13(8-10-14)19(22)28/h2-10,16H,11-12H2,1H3,(H2-,22,23,28,30)/p+1. The first-order valence-corrected chi connectivity index (χ1v) is 9.51. The third-order valence-corrected chi connectivity index (χ3v) is 5.21. The van der Waals surface area contributed by atoms with E-state index in [0.717, 1.165) is 4.90 Å². The van der Waals surface area contributed by atoms with Crippen LogP contribution in [0.1, 0.15) is 22.5 Å². The first-order chi connectivity index (χ1) is 14.9. The average Bonchev–Trinajstić information content (AvgIpc) is 3.27. The van der Waals surface area contributed by atoms with E-state index in [4.69, 9.17) is 10.3 Å². The quantitative estimate of drug-likeness (QED) is 0.428. The van der Waals surface area contributed by atoms with Crippen molar-refractivity contribution in [1.82, 2.24) is 10.2 Å². The Kier molecular flexibility index (Phi) is 5.22. The van der Waals surface area contributed by atoms with Gasteiger partial charge in [-0.1, -0.05) is 18.2 Å². The molecule has 158 valence electrons. The van der Waals surface area contributed by atoms with Crippen LogP contribution in [0.3, 0.4) is 0 Å². The highest BCUT2D eigenvalue weighted by Gasteiger charge is 2.43. The predicted molar refractivity (Wildman–Crippen MR) is 108 cm³/mol. The molecule has 1 aromatic heterocycles. The fourth-order valence-electron chi connectivity index (χ4n) is 3.57. The SMILES string of the molecule is CN(Cc1c(=O)o[nH][n+]1-c1ccccc1)C1CC(=O)N(c2ccc(C(N)=O)cc2)C1=O. The zero-order chi connectivity index (χ0) is 22.1. The van der Waals surface area contributed by atoms with E-state index in [-0.39, 0.29) is 24.4 Å². The van der Waals surface area contributed by atoms with Crippen molar-refractivity contribution in [3.05, 3.63) is 76.3 Å². The van der Waals surface area contributed by atoms with Gasteiger partial charge in [-0.05, 0) is 41.3 Å². The largest absolute Gasteiger partial charge is 0.431 e. The number of hydrogen-bond donors (Lipinski definition) is 2. The number of amides is 3. The number of benzene rings is 2. The number of H-pyrrole nitrogens is 1. The highest BCUT2D eigenvalue weighted by atomic mass is 16.5. The molecule has 0 bridgehead atoms. The smallest absolute Gasteiger partial charge is 0.366 e. The molecule has 0 aliphatic carbocycles. The Morgan fingerprint density at radius 2 is 1.84 bits per heavy atom. The normalized spacial score (nSPS) is 16.3. The highest BCUT2D eigenvalue weighted by Crippen LogP contribution is 2.26. The number of carbonyl (C=O) groups excluding carboxylic acids is 3. The van der Waals surface area contributed by atoms with Crippen LogP contribution in [-0.4, -0.2) is 41.0 Å². The molecule has 10 nitrogen and oxygen atoms in total. The second-order valence-electron chi connectivity index (χ2n) is 7.21. The lowest BCUT2D eigenvalue weighted by Crippen LogP contribution is -2.45. The summed E-state index contributed by atoms with van der Waals surface area (Å²) in [5.74, 6) is -1.38.